The van der Waals surface area contributed by atoms with Gasteiger partial charge < -0.3 is 14.3 Å². The van der Waals surface area contributed by atoms with Gasteiger partial charge in [-0.05, 0) is 44.9 Å². The molecule has 0 aliphatic carbocycles. The monoisotopic (exact) mass is 472 g/mol. The first-order valence-electron chi connectivity index (χ1n) is 12.4. The third kappa shape index (κ3) is 24.0. The minimum absolute atomic E-state index is 0.166. The number of nitrogens with zero attached hydrogens (tertiary/aromatic N) is 1. The van der Waals surface area contributed by atoms with Crippen molar-refractivity contribution in [2.45, 2.75) is 70.8 Å². The van der Waals surface area contributed by atoms with E-state index in [2.05, 4.69) is 67.7 Å². The topological polar surface area (TPSA) is 63.6 Å². The van der Waals surface area contributed by atoms with Crippen molar-refractivity contribution in [1.82, 2.24) is 0 Å². The zero-order valence-electron chi connectivity index (χ0n) is 21.7. The number of likely N-dealkylation sites (N-methyl/N-ethyl adjacent to an activating group) is 1. The number of quaternary nitrogens is 1. The summed E-state index contributed by atoms with van der Waals surface area (Å²) < 4.78 is 5.91. The maximum atomic E-state index is 12.0. The summed E-state index contributed by atoms with van der Waals surface area (Å²) in [4.78, 5) is 23.0. The summed E-state index contributed by atoms with van der Waals surface area (Å²) in [7, 11) is 5.83. The minimum atomic E-state index is -0.955. The van der Waals surface area contributed by atoms with Crippen molar-refractivity contribution in [2.75, 3.05) is 27.7 Å². The van der Waals surface area contributed by atoms with Crippen molar-refractivity contribution in [3.63, 3.8) is 0 Å². The normalized spacial score (nSPS) is 14.0. The highest BCUT2D eigenvalue weighted by atomic mass is 16.5. The van der Waals surface area contributed by atoms with Gasteiger partial charge in [0.05, 0.1) is 27.6 Å². The number of aliphatic carboxylic acids is 1. The van der Waals surface area contributed by atoms with Gasteiger partial charge in [-0.2, -0.15) is 0 Å². The number of carboxylic acids is 1. The number of esters is 1. The quantitative estimate of drug-likeness (QED) is 0.131. The molecule has 5 heteroatoms. The first-order valence-corrected chi connectivity index (χ1v) is 12.4. The summed E-state index contributed by atoms with van der Waals surface area (Å²) >= 11 is 0. The van der Waals surface area contributed by atoms with E-state index in [-0.39, 0.29) is 18.8 Å². The summed E-state index contributed by atoms with van der Waals surface area (Å²) in [5.74, 6) is -1.30. The molecule has 0 aliphatic rings. The lowest BCUT2D eigenvalue weighted by Gasteiger charge is -2.28. The second kappa shape index (κ2) is 20.9. The van der Waals surface area contributed by atoms with E-state index >= 15 is 0 Å². The molecule has 0 bridgehead atoms. The number of rotatable bonds is 19. The third-order valence-electron chi connectivity index (χ3n) is 4.56. The Labute approximate surface area is 207 Å². The van der Waals surface area contributed by atoms with Gasteiger partial charge in [-0.25, -0.2) is 0 Å². The van der Waals surface area contributed by atoms with E-state index in [0.717, 1.165) is 38.5 Å². The molecule has 0 spiro atoms. The number of ether oxygens (including phenoxy) is 1. The molecule has 0 radical (unpaired) electrons. The van der Waals surface area contributed by atoms with E-state index in [4.69, 9.17) is 9.84 Å². The average Bonchev–Trinajstić information content (AvgIpc) is 2.73. The maximum Gasteiger partial charge on any atom is 0.307 e. The van der Waals surface area contributed by atoms with Crippen LogP contribution in [-0.4, -0.2) is 55.3 Å². The molecule has 1 atom stereocenters. The summed E-state index contributed by atoms with van der Waals surface area (Å²) in [5.41, 5.74) is 0. The van der Waals surface area contributed by atoms with E-state index in [1.54, 1.807) is 0 Å². The average molecular weight is 473 g/mol. The molecule has 0 fully saturated rings. The molecule has 0 heterocycles. The first-order chi connectivity index (χ1) is 16.2. The molecule has 0 saturated carbocycles. The van der Waals surface area contributed by atoms with E-state index in [9.17, 15) is 9.59 Å². The molecule has 0 aromatic rings. The van der Waals surface area contributed by atoms with Crippen molar-refractivity contribution >= 4 is 11.9 Å². The van der Waals surface area contributed by atoms with Crippen LogP contribution >= 0.6 is 0 Å². The van der Waals surface area contributed by atoms with Crippen LogP contribution in [0, 0.1) is 0 Å². The second-order valence-electron chi connectivity index (χ2n) is 9.14. The van der Waals surface area contributed by atoms with Gasteiger partial charge in [-0.1, -0.05) is 79.8 Å². The SMILES string of the molecule is CCC=CCC=CCC=CCC=CCC=CCC=CCCC(=O)OC(CC(=O)O)C[N+](C)(C)C. The zero-order valence-corrected chi connectivity index (χ0v) is 21.7. The first kappa shape index (κ1) is 31.3. The van der Waals surface area contributed by atoms with Gasteiger partial charge in [0.1, 0.15) is 6.54 Å². The van der Waals surface area contributed by atoms with Crippen LogP contribution in [0.25, 0.3) is 0 Å². The molecule has 190 valence electrons. The number of carboxylic acid groups (broad SMARTS) is 1. The summed E-state index contributed by atoms with van der Waals surface area (Å²) in [5, 5.41) is 9.01. The molecule has 1 unspecified atom stereocenters. The Hall–Kier alpha value is -2.66. The van der Waals surface area contributed by atoms with Gasteiger partial charge in [0.25, 0.3) is 0 Å². The Balaban J connectivity index is 3.91. The van der Waals surface area contributed by atoms with E-state index < -0.39 is 12.1 Å². The van der Waals surface area contributed by atoms with Crippen molar-refractivity contribution < 1.29 is 23.9 Å². The molecular weight excluding hydrogens is 426 g/mol. The number of hydrogen-bond donors (Lipinski definition) is 1. The van der Waals surface area contributed by atoms with Crippen molar-refractivity contribution in [1.29, 1.82) is 0 Å². The van der Waals surface area contributed by atoms with Crippen LogP contribution in [0.2, 0.25) is 0 Å². The number of carbonyl (C=O) groups excluding carboxylic acids is 1. The van der Waals surface area contributed by atoms with Crippen LogP contribution in [0.3, 0.4) is 0 Å². The molecule has 0 aromatic carbocycles. The Bertz CT molecular complexity index is 721. The zero-order chi connectivity index (χ0) is 25.5. The van der Waals surface area contributed by atoms with Gasteiger partial charge >= 0.3 is 11.9 Å². The predicted octanol–water partition coefficient (Wildman–Crippen LogP) is 6.56. The molecule has 34 heavy (non-hydrogen) atoms. The molecule has 0 rings (SSSR count). The highest BCUT2D eigenvalue weighted by Gasteiger charge is 2.24. The Morgan fingerprint density at radius 2 is 1.15 bits per heavy atom. The van der Waals surface area contributed by atoms with Crippen molar-refractivity contribution in [2.24, 2.45) is 0 Å². The molecule has 1 N–H and O–H groups in total. The maximum absolute atomic E-state index is 12.0. The molecular formula is C29H46NO4+. The van der Waals surface area contributed by atoms with Crippen LogP contribution < -0.4 is 0 Å². The van der Waals surface area contributed by atoms with Crippen LogP contribution in [0.15, 0.2) is 72.9 Å². The van der Waals surface area contributed by atoms with Crippen LogP contribution in [0.5, 0.6) is 0 Å². The number of hydrogen-bond acceptors (Lipinski definition) is 3. The van der Waals surface area contributed by atoms with Crippen molar-refractivity contribution in [3.05, 3.63) is 72.9 Å². The molecule has 0 aromatic heterocycles. The van der Waals surface area contributed by atoms with E-state index in [0.29, 0.717) is 17.4 Å². The Kier molecular flexibility index (Phi) is 19.3. The fourth-order valence-corrected chi connectivity index (χ4v) is 3.03. The molecule has 0 aliphatic heterocycles. The van der Waals surface area contributed by atoms with Crippen LogP contribution in [-0.2, 0) is 14.3 Å². The molecule has 0 saturated heterocycles. The Morgan fingerprint density at radius 3 is 1.53 bits per heavy atom. The van der Waals surface area contributed by atoms with Gasteiger partial charge in [0, 0.05) is 6.42 Å². The smallest absolute Gasteiger partial charge is 0.307 e. The van der Waals surface area contributed by atoms with Gasteiger partial charge in [-0.3, -0.25) is 9.59 Å². The van der Waals surface area contributed by atoms with Crippen LogP contribution in [0.4, 0.5) is 0 Å². The largest absolute Gasteiger partial charge is 0.481 e. The number of carbonyl (C=O) groups is 2. The van der Waals surface area contributed by atoms with Gasteiger partial charge in [0.2, 0.25) is 0 Å². The van der Waals surface area contributed by atoms with Gasteiger partial charge in [-0.15, -0.1) is 0 Å². The van der Waals surface area contributed by atoms with Gasteiger partial charge in [0.15, 0.2) is 6.10 Å². The minimum Gasteiger partial charge on any atom is -0.481 e. The van der Waals surface area contributed by atoms with E-state index in [1.807, 2.05) is 33.3 Å². The lowest BCUT2D eigenvalue weighted by atomic mass is 10.2. The summed E-state index contributed by atoms with van der Waals surface area (Å²) in [6, 6.07) is 0. The van der Waals surface area contributed by atoms with E-state index in [1.165, 1.54) is 0 Å². The molecule has 5 nitrogen and oxygen atoms in total. The second-order valence-corrected chi connectivity index (χ2v) is 9.14. The molecule has 0 amide bonds. The summed E-state index contributed by atoms with van der Waals surface area (Å²) in [6.45, 7) is 2.61. The van der Waals surface area contributed by atoms with Crippen LogP contribution in [0.1, 0.15) is 64.7 Å². The highest BCUT2D eigenvalue weighted by molar-refractivity contribution is 5.71. The lowest BCUT2D eigenvalue weighted by Crippen LogP contribution is -2.43. The predicted molar refractivity (Wildman–Crippen MR) is 142 cm³/mol. The summed E-state index contributed by atoms with van der Waals surface area (Å²) in [6.07, 6.45) is 31.6. The number of allylic oxidation sites excluding steroid dienone is 12. The lowest BCUT2D eigenvalue weighted by molar-refractivity contribution is -0.873. The third-order valence-corrected chi connectivity index (χ3v) is 4.56. The fraction of sp³-hybridized carbons (Fsp3) is 0.517. The fourth-order valence-electron chi connectivity index (χ4n) is 3.03. The van der Waals surface area contributed by atoms with Crippen molar-refractivity contribution in [3.8, 4) is 0 Å². The standard InChI is InChI=1S/C29H45NO4/c1-5-6-7-8-9-10-11-12-13-14-15-16-17-18-19-20-21-22-23-24-29(33)34-27(25-28(31)32)26-30(2,3)4/h6-7,9-10,12-13,15-16,18-19,21-22,27H,5,8,11,14,17,20,23-26H2,1-4H3/p+1. The Morgan fingerprint density at radius 1 is 0.735 bits per heavy atom. The highest BCUT2D eigenvalue weighted by Crippen LogP contribution is 2.08.